The van der Waals surface area contributed by atoms with Crippen molar-refractivity contribution in [3.05, 3.63) is 0 Å². The highest BCUT2D eigenvalue weighted by molar-refractivity contribution is 5.73. The Morgan fingerprint density at radius 3 is 1.63 bits per heavy atom. The molecule has 2 saturated heterocycles. The van der Waals surface area contributed by atoms with E-state index in [4.69, 9.17) is 35.4 Å². The fraction of sp³-hybridized carbons (Fsp3) is 0.929. The standard InChI is InChI=1S/C8H15NO6.C6H12O6/c1-3(11)9-5-7(13)6(12)4(2-10)15-8(5)14;7-1-2-3(8)4(9)5(10)6(11)12-2/h4-8,10,12-14H,2H2,1H3,(H,9,11);2-11H,1H2/t4-,5-,6-,7-,8?;2-,3+,4+,5-,6+/m11/s1. The number of hydrogen-bond donors (Lipinski definition) is 10. The van der Waals surface area contributed by atoms with Gasteiger partial charge in [0.05, 0.1) is 13.2 Å². The van der Waals surface area contributed by atoms with E-state index in [1.807, 2.05) is 0 Å². The molecule has 1 unspecified atom stereocenters. The molecular formula is C14H27NO12. The van der Waals surface area contributed by atoms with Crippen molar-refractivity contribution in [3.63, 3.8) is 0 Å². The first-order valence-corrected chi connectivity index (χ1v) is 8.11. The average molecular weight is 401 g/mol. The summed E-state index contributed by atoms with van der Waals surface area (Å²) < 4.78 is 9.39. The second-order valence-corrected chi connectivity index (χ2v) is 6.17. The van der Waals surface area contributed by atoms with E-state index in [0.717, 1.165) is 0 Å². The molecule has 160 valence electrons. The van der Waals surface area contributed by atoms with E-state index in [0.29, 0.717) is 0 Å². The van der Waals surface area contributed by atoms with Gasteiger partial charge in [-0.3, -0.25) is 4.79 Å². The minimum Gasteiger partial charge on any atom is -0.394 e. The number of amides is 1. The normalized spacial score (nSPS) is 44.8. The largest absolute Gasteiger partial charge is 0.394 e. The third-order valence-electron chi connectivity index (χ3n) is 4.14. The molecule has 0 spiro atoms. The van der Waals surface area contributed by atoms with Crippen LogP contribution in [0.3, 0.4) is 0 Å². The van der Waals surface area contributed by atoms with Gasteiger partial charge in [-0.05, 0) is 0 Å². The van der Waals surface area contributed by atoms with E-state index < -0.39 is 80.5 Å². The lowest BCUT2D eigenvalue weighted by Crippen LogP contribution is -2.63. The van der Waals surface area contributed by atoms with Crippen LogP contribution < -0.4 is 5.32 Å². The average Bonchev–Trinajstić information content (AvgIpc) is 2.63. The molecule has 2 heterocycles. The quantitative estimate of drug-likeness (QED) is 0.213. The Labute approximate surface area is 154 Å². The van der Waals surface area contributed by atoms with Crippen molar-refractivity contribution in [2.75, 3.05) is 13.2 Å². The van der Waals surface area contributed by atoms with Crippen molar-refractivity contribution in [3.8, 4) is 0 Å². The number of rotatable bonds is 3. The summed E-state index contributed by atoms with van der Waals surface area (Å²) in [5.41, 5.74) is 0. The van der Waals surface area contributed by atoms with Gasteiger partial charge in [-0.1, -0.05) is 0 Å². The van der Waals surface area contributed by atoms with Gasteiger partial charge in [0.1, 0.15) is 48.8 Å². The summed E-state index contributed by atoms with van der Waals surface area (Å²) in [6.45, 7) is 0.161. The van der Waals surface area contributed by atoms with Gasteiger partial charge in [-0.15, -0.1) is 0 Å². The molecule has 0 aliphatic carbocycles. The Morgan fingerprint density at radius 1 is 0.741 bits per heavy atom. The van der Waals surface area contributed by atoms with Gasteiger partial charge in [0, 0.05) is 6.92 Å². The summed E-state index contributed by atoms with van der Waals surface area (Å²) in [6.07, 6.45) is -12.3. The zero-order valence-corrected chi connectivity index (χ0v) is 14.4. The Morgan fingerprint density at radius 2 is 1.19 bits per heavy atom. The number of carbonyl (C=O) groups excluding carboxylic acids is 1. The van der Waals surface area contributed by atoms with Gasteiger partial charge < -0.3 is 60.7 Å². The van der Waals surface area contributed by atoms with E-state index in [2.05, 4.69) is 10.1 Å². The molecule has 0 radical (unpaired) electrons. The summed E-state index contributed by atoms with van der Waals surface area (Å²) >= 11 is 0. The van der Waals surface area contributed by atoms with E-state index in [1.165, 1.54) is 6.92 Å². The third kappa shape index (κ3) is 6.00. The van der Waals surface area contributed by atoms with Gasteiger partial charge in [0.15, 0.2) is 12.6 Å². The Hall–Kier alpha value is -0.970. The maximum atomic E-state index is 10.7. The van der Waals surface area contributed by atoms with Gasteiger partial charge in [-0.2, -0.15) is 0 Å². The minimum absolute atomic E-state index is 0.462. The minimum atomic E-state index is -1.57. The van der Waals surface area contributed by atoms with Crippen LogP contribution >= 0.6 is 0 Å². The first-order valence-electron chi connectivity index (χ1n) is 8.11. The zero-order valence-electron chi connectivity index (χ0n) is 14.4. The fourth-order valence-corrected chi connectivity index (χ4v) is 2.57. The highest BCUT2D eigenvalue weighted by atomic mass is 16.6. The monoisotopic (exact) mass is 401 g/mol. The first-order chi connectivity index (χ1) is 12.5. The van der Waals surface area contributed by atoms with Gasteiger partial charge >= 0.3 is 0 Å². The van der Waals surface area contributed by atoms with E-state index in [-0.39, 0.29) is 0 Å². The van der Waals surface area contributed by atoms with Crippen molar-refractivity contribution < 1.29 is 60.2 Å². The summed E-state index contributed by atoms with van der Waals surface area (Å²) in [7, 11) is 0. The molecule has 2 rings (SSSR count). The summed E-state index contributed by atoms with van der Waals surface area (Å²) in [4.78, 5) is 10.7. The van der Waals surface area contributed by atoms with Gasteiger partial charge in [0.25, 0.3) is 0 Å². The molecule has 0 aromatic heterocycles. The summed E-state index contributed by atoms with van der Waals surface area (Å²) in [6, 6.07) is -1.10. The van der Waals surface area contributed by atoms with Crippen LogP contribution in [-0.2, 0) is 14.3 Å². The second kappa shape index (κ2) is 10.5. The van der Waals surface area contributed by atoms with Crippen LogP contribution in [0, 0.1) is 0 Å². The van der Waals surface area contributed by atoms with E-state index in [9.17, 15) is 20.1 Å². The molecule has 13 nitrogen and oxygen atoms in total. The molecule has 0 aromatic rings. The predicted octanol–water partition coefficient (Wildman–Crippen LogP) is -6.30. The molecule has 0 bridgehead atoms. The third-order valence-corrected chi connectivity index (χ3v) is 4.14. The molecule has 10 N–H and O–H groups in total. The molecule has 1 amide bonds. The van der Waals surface area contributed by atoms with Crippen LogP contribution in [0.4, 0.5) is 0 Å². The van der Waals surface area contributed by atoms with E-state index in [1.54, 1.807) is 0 Å². The van der Waals surface area contributed by atoms with Gasteiger partial charge in [-0.25, -0.2) is 0 Å². The van der Waals surface area contributed by atoms with Crippen LogP contribution in [-0.4, -0.2) is 126 Å². The highest BCUT2D eigenvalue weighted by Gasteiger charge is 2.44. The van der Waals surface area contributed by atoms with Crippen LogP contribution in [0.15, 0.2) is 0 Å². The van der Waals surface area contributed by atoms with Crippen molar-refractivity contribution in [1.82, 2.24) is 5.32 Å². The number of ether oxygens (including phenoxy) is 2. The topological polar surface area (TPSA) is 230 Å². The maximum Gasteiger partial charge on any atom is 0.217 e. The Bertz CT molecular complexity index is 463. The van der Waals surface area contributed by atoms with E-state index >= 15 is 0 Å². The lowest BCUT2D eigenvalue weighted by molar-refractivity contribution is -0.286. The number of aliphatic hydroxyl groups is 9. The lowest BCUT2D eigenvalue weighted by atomic mass is 9.97. The summed E-state index contributed by atoms with van der Waals surface area (Å²) in [5.74, 6) is -0.462. The van der Waals surface area contributed by atoms with Crippen LogP contribution in [0.1, 0.15) is 6.92 Å². The van der Waals surface area contributed by atoms with Crippen LogP contribution in [0.25, 0.3) is 0 Å². The van der Waals surface area contributed by atoms with Gasteiger partial charge in [0.2, 0.25) is 5.91 Å². The first kappa shape index (κ1) is 24.1. The molecule has 2 aliphatic heterocycles. The molecule has 0 aromatic carbocycles. The smallest absolute Gasteiger partial charge is 0.217 e. The fourth-order valence-electron chi connectivity index (χ4n) is 2.57. The number of aliphatic hydroxyl groups excluding tert-OH is 9. The SMILES string of the molecule is CC(=O)N[C@H]1C(O)O[C@H](CO)[C@@H](O)[C@@H]1O.OC[C@H]1O[C@H](O)[C@H](O)[C@@H](O)[C@H]1O. The maximum absolute atomic E-state index is 10.7. The number of hydrogen-bond acceptors (Lipinski definition) is 12. The van der Waals surface area contributed by atoms with Crippen molar-refractivity contribution in [2.45, 2.75) is 68.3 Å². The predicted molar refractivity (Wildman–Crippen MR) is 83.6 cm³/mol. The number of carbonyl (C=O) groups is 1. The molecular weight excluding hydrogens is 374 g/mol. The second-order valence-electron chi connectivity index (χ2n) is 6.17. The van der Waals surface area contributed by atoms with Crippen molar-refractivity contribution in [2.24, 2.45) is 0 Å². The molecule has 0 saturated carbocycles. The van der Waals surface area contributed by atoms with Crippen LogP contribution in [0.5, 0.6) is 0 Å². The van der Waals surface area contributed by atoms with Crippen LogP contribution in [0.2, 0.25) is 0 Å². The molecule has 2 aliphatic rings. The molecule has 10 atom stereocenters. The highest BCUT2D eigenvalue weighted by Crippen LogP contribution is 2.20. The number of nitrogens with one attached hydrogen (secondary N) is 1. The Kier molecular flexibility index (Phi) is 9.40. The molecule has 13 heteroatoms. The lowest BCUT2D eigenvalue weighted by Gasteiger charge is -2.40. The molecule has 2 fully saturated rings. The Balaban J connectivity index is 0.000000277. The summed E-state index contributed by atoms with van der Waals surface area (Å²) in [5, 5.41) is 84.1. The van der Waals surface area contributed by atoms with Crippen molar-refractivity contribution in [1.29, 1.82) is 0 Å². The van der Waals surface area contributed by atoms with Crippen molar-refractivity contribution >= 4 is 5.91 Å². The molecule has 27 heavy (non-hydrogen) atoms. The zero-order chi connectivity index (χ0) is 20.9.